The van der Waals surface area contributed by atoms with Crippen LogP contribution in [0.5, 0.6) is 0 Å². The minimum absolute atomic E-state index is 0.0494. The lowest BCUT2D eigenvalue weighted by Crippen LogP contribution is -2.27. The molecular formula is C36H70O4. The average Bonchev–Trinajstić information content (AvgIpc) is 2.93. The van der Waals surface area contributed by atoms with Gasteiger partial charge in [-0.15, -0.1) is 0 Å². The Balaban J connectivity index is 4.69. The Morgan fingerprint density at radius 3 is 1.60 bits per heavy atom. The Bertz CT molecular complexity index is 587. The first-order valence-electron chi connectivity index (χ1n) is 17.7. The smallest absolute Gasteiger partial charge is 0.308 e. The van der Waals surface area contributed by atoms with Crippen molar-refractivity contribution in [3.8, 4) is 0 Å². The van der Waals surface area contributed by atoms with E-state index in [9.17, 15) is 9.59 Å². The van der Waals surface area contributed by atoms with Crippen LogP contribution in [0.2, 0.25) is 0 Å². The lowest BCUT2D eigenvalue weighted by atomic mass is 9.78. The van der Waals surface area contributed by atoms with Gasteiger partial charge in [0.1, 0.15) is 0 Å². The second kappa shape index (κ2) is 26.8. The normalized spacial score (nSPS) is 14.7. The van der Waals surface area contributed by atoms with Gasteiger partial charge >= 0.3 is 11.9 Å². The lowest BCUT2D eigenvalue weighted by Gasteiger charge is -2.28. The quantitative estimate of drug-likeness (QED) is 0.0722. The number of aliphatic carboxylic acids is 1. The Morgan fingerprint density at radius 2 is 1.12 bits per heavy atom. The number of carboxylic acids is 1. The molecule has 4 atom stereocenters. The Labute approximate surface area is 250 Å². The monoisotopic (exact) mass is 567 g/mol. The number of hydrogen-bond acceptors (Lipinski definition) is 3. The molecule has 0 aromatic heterocycles. The van der Waals surface area contributed by atoms with Crippen LogP contribution < -0.4 is 0 Å². The first-order valence-corrected chi connectivity index (χ1v) is 17.7. The molecule has 238 valence electrons. The molecule has 0 radical (unpaired) electrons. The number of rotatable bonds is 29. The summed E-state index contributed by atoms with van der Waals surface area (Å²) < 4.78 is 6.04. The molecule has 40 heavy (non-hydrogen) atoms. The van der Waals surface area contributed by atoms with Crippen molar-refractivity contribution < 1.29 is 19.4 Å². The molecule has 0 spiro atoms. The van der Waals surface area contributed by atoms with Crippen LogP contribution in [0.15, 0.2) is 0 Å². The van der Waals surface area contributed by atoms with E-state index in [1.165, 1.54) is 96.3 Å². The van der Waals surface area contributed by atoms with Gasteiger partial charge in [0.2, 0.25) is 0 Å². The molecule has 4 heteroatoms. The molecule has 0 aliphatic rings. The van der Waals surface area contributed by atoms with Gasteiger partial charge in [-0.3, -0.25) is 9.59 Å². The number of carbonyl (C=O) groups is 2. The maximum Gasteiger partial charge on any atom is 0.308 e. The fourth-order valence-corrected chi connectivity index (χ4v) is 6.07. The van der Waals surface area contributed by atoms with Gasteiger partial charge < -0.3 is 9.84 Å². The molecule has 0 aromatic rings. The molecule has 0 aliphatic carbocycles. The maximum atomic E-state index is 13.5. The van der Waals surface area contributed by atoms with Crippen LogP contribution in [0.4, 0.5) is 0 Å². The van der Waals surface area contributed by atoms with E-state index >= 15 is 0 Å². The van der Waals surface area contributed by atoms with Crippen molar-refractivity contribution in [1.29, 1.82) is 0 Å². The van der Waals surface area contributed by atoms with Gasteiger partial charge in [0.05, 0.1) is 12.5 Å². The molecule has 4 unspecified atom stereocenters. The Hall–Kier alpha value is -1.06. The van der Waals surface area contributed by atoms with Gasteiger partial charge in [-0.1, -0.05) is 151 Å². The molecule has 0 saturated carbocycles. The highest BCUT2D eigenvalue weighted by molar-refractivity contribution is 5.72. The number of esters is 1. The van der Waals surface area contributed by atoms with Crippen LogP contribution in [0, 0.1) is 29.6 Å². The zero-order chi connectivity index (χ0) is 30.0. The van der Waals surface area contributed by atoms with Gasteiger partial charge in [-0.05, 0) is 49.4 Å². The zero-order valence-corrected chi connectivity index (χ0v) is 27.8. The number of hydrogen-bond donors (Lipinski definition) is 1. The molecule has 0 bridgehead atoms. The number of carbonyl (C=O) groups excluding carboxylic acids is 1. The molecule has 0 heterocycles. The Kier molecular flexibility index (Phi) is 26.1. The van der Waals surface area contributed by atoms with Crippen LogP contribution in [0.3, 0.4) is 0 Å². The Morgan fingerprint density at radius 1 is 0.625 bits per heavy atom. The average molecular weight is 567 g/mol. The molecule has 0 saturated heterocycles. The summed E-state index contributed by atoms with van der Waals surface area (Å²) in [6.07, 6.45) is 25.1. The predicted molar refractivity (Wildman–Crippen MR) is 172 cm³/mol. The first-order chi connectivity index (χ1) is 19.3. The lowest BCUT2D eigenvalue weighted by molar-refractivity contribution is -0.151. The van der Waals surface area contributed by atoms with Crippen LogP contribution >= 0.6 is 0 Å². The third kappa shape index (κ3) is 21.7. The second-order valence-electron chi connectivity index (χ2n) is 13.1. The standard InChI is InChI=1S/C36H70O4/c1-7-11-23-31(9-3)27-34(36(39)40-29-32(10-4)24-12-8-2)28-33(30(5)6)25-21-19-17-15-13-14-16-18-20-22-26-35(37)38/h30-34H,7-29H2,1-6H3,(H,37,38). The van der Waals surface area contributed by atoms with E-state index in [4.69, 9.17) is 9.84 Å². The highest BCUT2D eigenvalue weighted by Crippen LogP contribution is 2.32. The van der Waals surface area contributed by atoms with Crippen molar-refractivity contribution in [3.05, 3.63) is 0 Å². The molecule has 0 aromatic carbocycles. The minimum atomic E-state index is -0.671. The summed E-state index contributed by atoms with van der Waals surface area (Å²) in [7, 11) is 0. The fourth-order valence-electron chi connectivity index (χ4n) is 6.07. The van der Waals surface area contributed by atoms with Crippen molar-refractivity contribution in [3.63, 3.8) is 0 Å². The highest BCUT2D eigenvalue weighted by atomic mass is 16.5. The molecular weight excluding hydrogens is 496 g/mol. The largest absolute Gasteiger partial charge is 0.481 e. The van der Waals surface area contributed by atoms with Crippen LogP contribution in [-0.2, 0) is 14.3 Å². The predicted octanol–water partition coefficient (Wildman–Crippen LogP) is 11.4. The summed E-state index contributed by atoms with van der Waals surface area (Å²) in [6.45, 7) is 14.3. The van der Waals surface area contributed by atoms with E-state index in [2.05, 4.69) is 41.5 Å². The van der Waals surface area contributed by atoms with Crippen molar-refractivity contribution in [2.24, 2.45) is 29.6 Å². The van der Waals surface area contributed by atoms with Gasteiger partial charge in [0.25, 0.3) is 0 Å². The third-order valence-corrected chi connectivity index (χ3v) is 9.24. The summed E-state index contributed by atoms with van der Waals surface area (Å²) in [6, 6.07) is 0. The fraction of sp³-hybridized carbons (Fsp3) is 0.944. The summed E-state index contributed by atoms with van der Waals surface area (Å²) in [5, 5.41) is 8.71. The molecule has 0 fully saturated rings. The maximum absolute atomic E-state index is 13.5. The second-order valence-corrected chi connectivity index (χ2v) is 13.1. The number of unbranched alkanes of at least 4 members (excludes halogenated alkanes) is 11. The van der Waals surface area contributed by atoms with E-state index in [1.54, 1.807) is 0 Å². The number of carboxylic acid groups (broad SMARTS) is 1. The third-order valence-electron chi connectivity index (χ3n) is 9.24. The van der Waals surface area contributed by atoms with Crippen LogP contribution in [-0.4, -0.2) is 23.7 Å². The molecule has 0 amide bonds. The number of ether oxygens (including phenoxy) is 1. The summed E-state index contributed by atoms with van der Waals surface area (Å²) >= 11 is 0. The van der Waals surface area contributed by atoms with Gasteiger partial charge in [0.15, 0.2) is 0 Å². The van der Waals surface area contributed by atoms with Crippen molar-refractivity contribution in [1.82, 2.24) is 0 Å². The first kappa shape index (κ1) is 38.9. The van der Waals surface area contributed by atoms with E-state index in [-0.39, 0.29) is 11.9 Å². The van der Waals surface area contributed by atoms with Crippen molar-refractivity contribution in [2.75, 3.05) is 6.61 Å². The van der Waals surface area contributed by atoms with E-state index in [0.29, 0.717) is 36.7 Å². The molecule has 0 aliphatic heterocycles. The zero-order valence-electron chi connectivity index (χ0n) is 27.8. The van der Waals surface area contributed by atoms with Gasteiger partial charge in [0, 0.05) is 6.42 Å². The molecule has 4 nitrogen and oxygen atoms in total. The van der Waals surface area contributed by atoms with E-state index in [1.807, 2.05) is 0 Å². The summed E-state index contributed by atoms with van der Waals surface area (Å²) in [5.74, 6) is 1.78. The van der Waals surface area contributed by atoms with Crippen molar-refractivity contribution in [2.45, 2.75) is 183 Å². The summed E-state index contributed by atoms with van der Waals surface area (Å²) in [5.41, 5.74) is 0. The van der Waals surface area contributed by atoms with E-state index in [0.717, 1.165) is 38.5 Å². The van der Waals surface area contributed by atoms with Gasteiger partial charge in [-0.25, -0.2) is 0 Å². The topological polar surface area (TPSA) is 63.6 Å². The molecule has 1 N–H and O–H groups in total. The van der Waals surface area contributed by atoms with E-state index < -0.39 is 5.97 Å². The molecule has 0 rings (SSSR count). The van der Waals surface area contributed by atoms with Crippen molar-refractivity contribution >= 4 is 11.9 Å². The SMILES string of the molecule is CCCCC(CC)COC(=O)C(CC(CC)CCCC)CC(CCCCCCCCCCCCC(=O)O)C(C)C. The summed E-state index contributed by atoms with van der Waals surface area (Å²) in [4.78, 5) is 24.0. The highest BCUT2D eigenvalue weighted by Gasteiger charge is 2.28. The van der Waals surface area contributed by atoms with Crippen LogP contribution in [0.25, 0.3) is 0 Å². The minimum Gasteiger partial charge on any atom is -0.481 e. The van der Waals surface area contributed by atoms with Gasteiger partial charge in [-0.2, -0.15) is 0 Å². The van der Waals surface area contributed by atoms with Crippen LogP contribution in [0.1, 0.15) is 183 Å².